The summed E-state index contributed by atoms with van der Waals surface area (Å²) in [5.41, 5.74) is -0.825. The molecule has 1 fully saturated rings. The third kappa shape index (κ3) is 2.97. The fourth-order valence-electron chi connectivity index (χ4n) is 3.14. The molecule has 0 saturated heterocycles. The smallest absolute Gasteiger partial charge is 0.126 e. The minimum absolute atomic E-state index is 0.0555. The topological polar surface area (TPSA) is 20.2 Å². The Balaban J connectivity index is 2.26. The van der Waals surface area contributed by atoms with Gasteiger partial charge >= 0.3 is 0 Å². The van der Waals surface area contributed by atoms with Gasteiger partial charge in [-0.25, -0.2) is 8.78 Å². The molecule has 1 N–H and O–H groups in total. The predicted octanol–water partition coefficient (Wildman–Crippen LogP) is 4.24. The van der Waals surface area contributed by atoms with E-state index in [1.165, 1.54) is 12.1 Å². The van der Waals surface area contributed by atoms with Gasteiger partial charge in [-0.05, 0) is 55.2 Å². The highest BCUT2D eigenvalue weighted by Gasteiger charge is 2.38. The Labute approximate surface area is 113 Å². The summed E-state index contributed by atoms with van der Waals surface area (Å²) in [5.74, 6) is -0.0279. The molecule has 106 valence electrons. The van der Waals surface area contributed by atoms with E-state index in [1.807, 2.05) is 0 Å². The lowest BCUT2D eigenvalue weighted by Gasteiger charge is -2.40. The van der Waals surface area contributed by atoms with Crippen molar-refractivity contribution in [3.8, 4) is 0 Å². The Kier molecular flexibility index (Phi) is 3.95. The van der Waals surface area contributed by atoms with Crippen LogP contribution in [0.25, 0.3) is 0 Å². The van der Waals surface area contributed by atoms with E-state index >= 15 is 0 Å². The summed E-state index contributed by atoms with van der Waals surface area (Å²) in [6.45, 7) is 6.07. The second-order valence-corrected chi connectivity index (χ2v) is 6.27. The molecule has 2 rings (SSSR count). The van der Waals surface area contributed by atoms with E-state index in [0.717, 1.165) is 25.3 Å². The maximum absolute atomic E-state index is 13.3. The Hall–Kier alpha value is -0.960. The van der Waals surface area contributed by atoms with E-state index in [4.69, 9.17) is 0 Å². The first-order valence-electron chi connectivity index (χ1n) is 6.99. The fraction of sp³-hybridized carbons (Fsp3) is 0.625. The van der Waals surface area contributed by atoms with Gasteiger partial charge in [-0.15, -0.1) is 0 Å². The number of halogens is 2. The molecule has 1 saturated carbocycles. The molecule has 3 heteroatoms. The molecule has 0 spiro atoms. The molecule has 0 amide bonds. The van der Waals surface area contributed by atoms with Crippen LogP contribution in [0.3, 0.4) is 0 Å². The average molecular weight is 268 g/mol. The summed E-state index contributed by atoms with van der Waals surface area (Å²) in [6, 6.07) is 3.32. The second kappa shape index (κ2) is 5.20. The summed E-state index contributed by atoms with van der Waals surface area (Å²) in [6.07, 6.45) is 2.85. The Morgan fingerprint density at radius 3 is 2.16 bits per heavy atom. The molecular formula is C16H22F2O. The number of rotatable bonds is 2. The summed E-state index contributed by atoms with van der Waals surface area (Å²) in [7, 11) is 0. The van der Waals surface area contributed by atoms with Crippen LogP contribution in [-0.4, -0.2) is 5.11 Å². The molecule has 0 heterocycles. The third-order valence-electron chi connectivity index (χ3n) is 4.84. The number of aliphatic hydroxyl groups is 1. The van der Waals surface area contributed by atoms with Crippen molar-refractivity contribution in [1.82, 2.24) is 0 Å². The van der Waals surface area contributed by atoms with Gasteiger partial charge in [0, 0.05) is 6.07 Å². The highest BCUT2D eigenvalue weighted by Crippen LogP contribution is 2.43. The SMILES string of the molecule is CC1CCC(C(C)(O)c2cc(F)cc(F)c2)CC1C. The number of benzene rings is 1. The first kappa shape index (κ1) is 14.4. The lowest BCUT2D eigenvalue weighted by atomic mass is 9.68. The van der Waals surface area contributed by atoms with E-state index in [9.17, 15) is 13.9 Å². The van der Waals surface area contributed by atoms with E-state index in [-0.39, 0.29) is 5.92 Å². The van der Waals surface area contributed by atoms with Crippen LogP contribution in [0.4, 0.5) is 8.78 Å². The van der Waals surface area contributed by atoms with Crippen LogP contribution in [0.15, 0.2) is 18.2 Å². The van der Waals surface area contributed by atoms with Crippen molar-refractivity contribution in [1.29, 1.82) is 0 Å². The maximum Gasteiger partial charge on any atom is 0.126 e. The van der Waals surface area contributed by atoms with E-state index in [2.05, 4.69) is 13.8 Å². The highest BCUT2D eigenvalue weighted by atomic mass is 19.1. The van der Waals surface area contributed by atoms with Crippen LogP contribution >= 0.6 is 0 Å². The molecule has 0 radical (unpaired) electrons. The molecule has 1 aromatic rings. The van der Waals surface area contributed by atoms with Crippen LogP contribution in [0.5, 0.6) is 0 Å². The molecule has 1 aliphatic carbocycles. The van der Waals surface area contributed by atoms with Crippen molar-refractivity contribution in [3.05, 3.63) is 35.4 Å². The standard InChI is InChI=1S/C16H22F2O/c1-10-4-5-12(6-11(10)2)16(3,19)13-7-14(17)9-15(18)8-13/h7-12,19H,4-6H2,1-3H3. The number of hydrogen-bond acceptors (Lipinski definition) is 1. The van der Waals surface area contributed by atoms with Gasteiger partial charge in [-0.2, -0.15) is 0 Å². The minimum atomic E-state index is -1.17. The van der Waals surface area contributed by atoms with E-state index in [0.29, 0.717) is 17.4 Å². The molecule has 0 aromatic heterocycles. The van der Waals surface area contributed by atoms with Crippen molar-refractivity contribution in [2.75, 3.05) is 0 Å². The zero-order chi connectivity index (χ0) is 14.2. The molecule has 0 aliphatic heterocycles. The van der Waals surface area contributed by atoms with Crippen molar-refractivity contribution in [2.45, 2.75) is 45.6 Å². The molecule has 1 aromatic carbocycles. The largest absolute Gasteiger partial charge is 0.385 e. The van der Waals surface area contributed by atoms with E-state index in [1.54, 1.807) is 6.92 Å². The van der Waals surface area contributed by atoms with E-state index < -0.39 is 17.2 Å². The monoisotopic (exact) mass is 268 g/mol. The molecule has 1 aliphatic rings. The van der Waals surface area contributed by atoms with Crippen molar-refractivity contribution in [3.63, 3.8) is 0 Å². The van der Waals surface area contributed by atoms with Crippen LogP contribution in [-0.2, 0) is 5.60 Å². The Bertz CT molecular complexity index is 436. The average Bonchev–Trinajstić information content (AvgIpc) is 2.31. The normalized spacial score (nSPS) is 30.9. The van der Waals surface area contributed by atoms with Gasteiger partial charge < -0.3 is 5.11 Å². The van der Waals surface area contributed by atoms with Gasteiger partial charge in [0.2, 0.25) is 0 Å². The zero-order valence-corrected chi connectivity index (χ0v) is 11.8. The Morgan fingerprint density at radius 1 is 1.05 bits per heavy atom. The predicted molar refractivity (Wildman–Crippen MR) is 71.6 cm³/mol. The minimum Gasteiger partial charge on any atom is -0.385 e. The highest BCUT2D eigenvalue weighted by molar-refractivity contribution is 5.24. The summed E-state index contributed by atoms with van der Waals surface area (Å²) < 4.78 is 26.6. The van der Waals surface area contributed by atoms with Crippen LogP contribution in [0.1, 0.15) is 45.6 Å². The zero-order valence-electron chi connectivity index (χ0n) is 11.8. The lowest BCUT2D eigenvalue weighted by molar-refractivity contribution is -0.0375. The lowest BCUT2D eigenvalue weighted by Crippen LogP contribution is -2.37. The summed E-state index contributed by atoms with van der Waals surface area (Å²) >= 11 is 0. The van der Waals surface area contributed by atoms with Crippen LogP contribution < -0.4 is 0 Å². The van der Waals surface area contributed by atoms with Crippen molar-refractivity contribution >= 4 is 0 Å². The Morgan fingerprint density at radius 2 is 1.63 bits per heavy atom. The first-order chi connectivity index (χ1) is 8.80. The molecule has 1 nitrogen and oxygen atoms in total. The summed E-state index contributed by atoms with van der Waals surface area (Å²) in [4.78, 5) is 0. The third-order valence-corrected chi connectivity index (χ3v) is 4.84. The van der Waals surface area contributed by atoms with Crippen molar-refractivity contribution < 1.29 is 13.9 Å². The molecular weight excluding hydrogens is 246 g/mol. The summed E-state index contributed by atoms with van der Waals surface area (Å²) in [5, 5.41) is 10.7. The number of hydrogen-bond donors (Lipinski definition) is 1. The van der Waals surface area contributed by atoms with Gasteiger partial charge in [-0.1, -0.05) is 20.3 Å². The fourth-order valence-corrected chi connectivity index (χ4v) is 3.14. The van der Waals surface area contributed by atoms with Crippen molar-refractivity contribution in [2.24, 2.45) is 17.8 Å². The van der Waals surface area contributed by atoms with Gasteiger partial charge in [0.1, 0.15) is 11.6 Å². The van der Waals surface area contributed by atoms with Gasteiger partial charge in [0.15, 0.2) is 0 Å². The first-order valence-corrected chi connectivity index (χ1v) is 6.99. The van der Waals surface area contributed by atoms with Crippen LogP contribution in [0, 0.1) is 29.4 Å². The quantitative estimate of drug-likeness (QED) is 0.850. The molecule has 19 heavy (non-hydrogen) atoms. The molecule has 4 atom stereocenters. The second-order valence-electron chi connectivity index (χ2n) is 6.27. The maximum atomic E-state index is 13.3. The van der Waals surface area contributed by atoms with Gasteiger partial charge in [-0.3, -0.25) is 0 Å². The van der Waals surface area contributed by atoms with Crippen LogP contribution in [0.2, 0.25) is 0 Å². The van der Waals surface area contributed by atoms with Gasteiger partial charge in [0.25, 0.3) is 0 Å². The molecule has 0 bridgehead atoms. The van der Waals surface area contributed by atoms with Gasteiger partial charge in [0.05, 0.1) is 5.60 Å². The molecule has 4 unspecified atom stereocenters.